The van der Waals surface area contributed by atoms with Crippen molar-refractivity contribution in [3.8, 4) is 0 Å². The van der Waals surface area contributed by atoms with Crippen LogP contribution >= 0.6 is 0 Å². The number of ketones is 1. The SMILES string of the molecule is CC(C)C(=O)C1(C)CCCN(C)C1. The summed E-state index contributed by atoms with van der Waals surface area (Å²) in [5, 5.41) is 0. The second-order valence-electron chi connectivity index (χ2n) is 4.92. The molecule has 1 fully saturated rings. The molecule has 1 saturated heterocycles. The molecule has 0 aromatic heterocycles. The van der Waals surface area contributed by atoms with Gasteiger partial charge in [-0.15, -0.1) is 0 Å². The van der Waals surface area contributed by atoms with Gasteiger partial charge in [-0.1, -0.05) is 20.8 Å². The Bertz CT molecular complexity index is 200. The summed E-state index contributed by atoms with van der Waals surface area (Å²) in [6.07, 6.45) is 2.22. The van der Waals surface area contributed by atoms with Crippen LogP contribution in [0.25, 0.3) is 0 Å². The number of Topliss-reactive ketones (excluding diaryl/α,β-unsaturated/α-hetero) is 1. The van der Waals surface area contributed by atoms with Crippen molar-refractivity contribution in [2.45, 2.75) is 33.6 Å². The van der Waals surface area contributed by atoms with Gasteiger partial charge in [-0.2, -0.15) is 0 Å². The van der Waals surface area contributed by atoms with Gasteiger partial charge < -0.3 is 4.90 Å². The fraction of sp³-hybridized carbons (Fsp3) is 0.909. The van der Waals surface area contributed by atoms with Crippen molar-refractivity contribution in [1.29, 1.82) is 0 Å². The normalized spacial score (nSPS) is 30.8. The van der Waals surface area contributed by atoms with Crippen molar-refractivity contribution in [1.82, 2.24) is 4.90 Å². The fourth-order valence-electron chi connectivity index (χ4n) is 2.39. The Morgan fingerprint density at radius 3 is 2.54 bits per heavy atom. The zero-order valence-electron chi connectivity index (χ0n) is 9.26. The van der Waals surface area contributed by atoms with Crippen LogP contribution in [0, 0.1) is 11.3 Å². The molecule has 0 aromatic carbocycles. The van der Waals surface area contributed by atoms with Crippen LogP contribution in [-0.4, -0.2) is 30.8 Å². The third-order valence-electron chi connectivity index (χ3n) is 3.01. The molecular formula is C11H21NO. The highest BCUT2D eigenvalue weighted by atomic mass is 16.1. The number of piperidine rings is 1. The molecule has 0 bridgehead atoms. The van der Waals surface area contributed by atoms with E-state index < -0.39 is 0 Å². The minimum absolute atomic E-state index is 0.0822. The molecule has 0 saturated carbocycles. The highest BCUT2D eigenvalue weighted by molar-refractivity contribution is 5.86. The van der Waals surface area contributed by atoms with Gasteiger partial charge in [-0.05, 0) is 26.4 Å². The van der Waals surface area contributed by atoms with Crippen molar-refractivity contribution in [3.63, 3.8) is 0 Å². The molecule has 2 heteroatoms. The summed E-state index contributed by atoms with van der Waals surface area (Å²) in [5.74, 6) is 0.607. The molecule has 0 aliphatic carbocycles. The summed E-state index contributed by atoms with van der Waals surface area (Å²) >= 11 is 0. The molecule has 1 atom stereocenters. The summed E-state index contributed by atoms with van der Waals surface area (Å²) in [6.45, 7) is 8.19. The maximum Gasteiger partial charge on any atom is 0.142 e. The number of nitrogens with zero attached hydrogens (tertiary/aromatic N) is 1. The zero-order valence-corrected chi connectivity index (χ0v) is 9.26. The van der Waals surface area contributed by atoms with Gasteiger partial charge in [0.15, 0.2) is 0 Å². The number of carbonyl (C=O) groups is 1. The van der Waals surface area contributed by atoms with Crippen molar-refractivity contribution in [2.24, 2.45) is 11.3 Å². The molecule has 0 radical (unpaired) electrons. The van der Waals surface area contributed by atoms with E-state index in [9.17, 15) is 4.79 Å². The molecule has 2 nitrogen and oxygen atoms in total. The van der Waals surface area contributed by atoms with Gasteiger partial charge in [0.1, 0.15) is 5.78 Å². The second-order valence-corrected chi connectivity index (χ2v) is 4.92. The molecule has 76 valence electrons. The van der Waals surface area contributed by atoms with E-state index in [-0.39, 0.29) is 11.3 Å². The van der Waals surface area contributed by atoms with E-state index >= 15 is 0 Å². The monoisotopic (exact) mass is 183 g/mol. The third kappa shape index (κ3) is 2.31. The summed E-state index contributed by atoms with van der Waals surface area (Å²) < 4.78 is 0. The topological polar surface area (TPSA) is 20.3 Å². The van der Waals surface area contributed by atoms with E-state index in [0.717, 1.165) is 25.9 Å². The lowest BCUT2D eigenvalue weighted by atomic mass is 9.75. The summed E-state index contributed by atoms with van der Waals surface area (Å²) in [5.41, 5.74) is -0.0822. The molecular weight excluding hydrogens is 162 g/mol. The van der Waals surface area contributed by atoms with Crippen molar-refractivity contribution in [2.75, 3.05) is 20.1 Å². The standard InChI is InChI=1S/C11H21NO/c1-9(2)10(13)11(3)6-5-7-12(4)8-11/h9H,5-8H2,1-4H3. The first-order valence-electron chi connectivity index (χ1n) is 5.18. The van der Waals surface area contributed by atoms with Crippen LogP contribution in [0.5, 0.6) is 0 Å². The Labute approximate surface area is 81.3 Å². The fourth-order valence-corrected chi connectivity index (χ4v) is 2.39. The van der Waals surface area contributed by atoms with Crippen molar-refractivity contribution < 1.29 is 4.79 Å². The van der Waals surface area contributed by atoms with Crippen molar-refractivity contribution in [3.05, 3.63) is 0 Å². The molecule has 13 heavy (non-hydrogen) atoms. The van der Waals surface area contributed by atoms with E-state index in [4.69, 9.17) is 0 Å². The van der Waals surface area contributed by atoms with Gasteiger partial charge >= 0.3 is 0 Å². The maximum atomic E-state index is 11.9. The van der Waals surface area contributed by atoms with E-state index in [1.165, 1.54) is 0 Å². The quantitative estimate of drug-likeness (QED) is 0.652. The zero-order chi connectivity index (χ0) is 10.1. The molecule has 1 heterocycles. The van der Waals surface area contributed by atoms with Crippen LogP contribution in [0.15, 0.2) is 0 Å². The lowest BCUT2D eigenvalue weighted by Crippen LogP contribution is -2.45. The maximum absolute atomic E-state index is 11.9. The molecule has 0 spiro atoms. The van der Waals surface area contributed by atoms with Gasteiger partial charge in [-0.25, -0.2) is 0 Å². The number of rotatable bonds is 2. The van der Waals surface area contributed by atoms with Crippen LogP contribution in [0.4, 0.5) is 0 Å². The smallest absolute Gasteiger partial charge is 0.142 e. The summed E-state index contributed by atoms with van der Waals surface area (Å²) in [4.78, 5) is 14.2. The van der Waals surface area contributed by atoms with Crippen LogP contribution in [0.2, 0.25) is 0 Å². The van der Waals surface area contributed by atoms with Gasteiger partial charge in [-0.3, -0.25) is 4.79 Å². The minimum atomic E-state index is -0.0822. The summed E-state index contributed by atoms with van der Waals surface area (Å²) in [6, 6.07) is 0. The van der Waals surface area contributed by atoms with Crippen LogP contribution < -0.4 is 0 Å². The third-order valence-corrected chi connectivity index (χ3v) is 3.01. The van der Waals surface area contributed by atoms with Gasteiger partial charge in [0.2, 0.25) is 0 Å². The predicted octanol–water partition coefficient (Wildman–Crippen LogP) is 1.94. The Morgan fingerprint density at radius 2 is 2.08 bits per heavy atom. The Balaban J connectivity index is 2.68. The second kappa shape index (κ2) is 3.79. The van der Waals surface area contributed by atoms with Crippen LogP contribution in [0.3, 0.4) is 0 Å². The van der Waals surface area contributed by atoms with E-state index in [2.05, 4.69) is 18.9 Å². The molecule has 1 unspecified atom stereocenters. The molecule has 0 aromatic rings. The Kier molecular flexibility index (Phi) is 3.12. The van der Waals surface area contributed by atoms with E-state index in [1.54, 1.807) is 0 Å². The van der Waals surface area contributed by atoms with Crippen LogP contribution in [-0.2, 0) is 4.79 Å². The Morgan fingerprint density at radius 1 is 1.46 bits per heavy atom. The minimum Gasteiger partial charge on any atom is -0.305 e. The van der Waals surface area contributed by atoms with Gasteiger partial charge in [0.25, 0.3) is 0 Å². The van der Waals surface area contributed by atoms with E-state index in [1.807, 2.05) is 13.8 Å². The van der Waals surface area contributed by atoms with E-state index in [0.29, 0.717) is 5.78 Å². The van der Waals surface area contributed by atoms with Gasteiger partial charge in [0.05, 0.1) is 0 Å². The van der Waals surface area contributed by atoms with Gasteiger partial charge in [0, 0.05) is 17.9 Å². The van der Waals surface area contributed by atoms with Crippen molar-refractivity contribution >= 4 is 5.78 Å². The molecule has 1 aliphatic heterocycles. The lowest BCUT2D eigenvalue weighted by Gasteiger charge is -2.38. The number of hydrogen-bond acceptors (Lipinski definition) is 2. The highest BCUT2D eigenvalue weighted by Gasteiger charge is 2.37. The number of hydrogen-bond donors (Lipinski definition) is 0. The first kappa shape index (κ1) is 10.7. The highest BCUT2D eigenvalue weighted by Crippen LogP contribution is 2.32. The first-order valence-corrected chi connectivity index (χ1v) is 5.18. The molecule has 1 aliphatic rings. The molecule has 1 rings (SSSR count). The predicted molar refractivity (Wildman–Crippen MR) is 54.7 cm³/mol. The molecule has 0 N–H and O–H groups in total. The average Bonchev–Trinajstić information content (AvgIpc) is 2.02. The van der Waals surface area contributed by atoms with Crippen LogP contribution in [0.1, 0.15) is 33.6 Å². The Hall–Kier alpha value is -0.370. The first-order chi connectivity index (χ1) is 5.96. The largest absolute Gasteiger partial charge is 0.305 e. The number of likely N-dealkylation sites (tertiary alicyclic amines) is 1. The number of carbonyl (C=O) groups excluding carboxylic acids is 1. The average molecular weight is 183 g/mol. The lowest BCUT2D eigenvalue weighted by molar-refractivity contribution is -0.133. The summed E-state index contributed by atoms with van der Waals surface area (Å²) in [7, 11) is 2.10. The molecule has 0 amide bonds.